The molecule has 0 amide bonds. The molecule has 0 N–H and O–H groups in total. The Morgan fingerprint density at radius 1 is 0.193 bits per heavy atom. The highest BCUT2D eigenvalue weighted by Crippen LogP contribution is 2.49. The number of benzene rings is 12. The first kappa shape index (κ1) is 49.3. The summed E-state index contributed by atoms with van der Waals surface area (Å²) in [5, 5.41) is 18.4. The standard InChI is InChI=1S/C78H44N10/c1-2-6-60-48(4-1)32-80-41-73(60)66-16-10-47-12-18-68-62(55-27-50(56-33-81-42-82-34-56)24-51(28-55)57-35-83-43-84-36-57)20-21-70-72(30-71(66)76(47)77(68)70)78-87-39-59(40-88-78)53-25-52(58-37-85-44-86-38-58)26-54(29-53)61-14-8-45-13-19-69-65(15-9-46-11-17-67(61)74(45)75(46)69)64-7-3-5-49-31-79-23-22-63(49)64/h1-44H. The van der Waals surface area contributed by atoms with Gasteiger partial charge < -0.3 is 0 Å². The first-order chi connectivity index (χ1) is 43.6. The van der Waals surface area contributed by atoms with Gasteiger partial charge in [0.15, 0.2) is 5.82 Å². The highest BCUT2D eigenvalue weighted by atomic mass is 14.9. The van der Waals surface area contributed by atoms with E-state index in [1.165, 1.54) is 48.8 Å². The molecule has 88 heavy (non-hydrogen) atoms. The minimum atomic E-state index is 0.614. The number of hydrogen-bond donors (Lipinski definition) is 0. The topological polar surface area (TPSA) is 129 Å². The van der Waals surface area contributed by atoms with Crippen molar-refractivity contribution in [3.63, 3.8) is 0 Å². The summed E-state index contributed by atoms with van der Waals surface area (Å²) in [5.41, 5.74) is 17.3. The number of pyridine rings is 2. The average Bonchev–Trinajstić information content (AvgIpc) is 0.896. The fourth-order valence-electron chi connectivity index (χ4n) is 13.7. The van der Waals surface area contributed by atoms with Crippen LogP contribution in [0.25, 0.3) is 187 Å². The molecule has 0 saturated carbocycles. The molecule has 0 fully saturated rings. The molecule has 0 unspecified atom stereocenters. The molecule has 406 valence electrons. The Morgan fingerprint density at radius 2 is 0.602 bits per heavy atom. The highest BCUT2D eigenvalue weighted by molar-refractivity contribution is 6.31. The van der Waals surface area contributed by atoms with Crippen molar-refractivity contribution in [2.75, 3.05) is 0 Å². The van der Waals surface area contributed by atoms with Crippen molar-refractivity contribution in [3.8, 4) is 100 Å². The fraction of sp³-hybridized carbons (Fsp3) is 0. The molecule has 18 rings (SSSR count). The van der Waals surface area contributed by atoms with Crippen LogP contribution >= 0.6 is 0 Å². The van der Waals surface area contributed by atoms with Gasteiger partial charge in [-0.2, -0.15) is 0 Å². The number of fused-ring (bicyclic) bond motifs is 2. The zero-order valence-electron chi connectivity index (χ0n) is 46.9. The molecular weight excluding hydrogens is 1080 g/mol. The fourth-order valence-corrected chi connectivity index (χ4v) is 13.7. The molecule has 12 aromatic carbocycles. The van der Waals surface area contributed by atoms with E-state index in [-0.39, 0.29) is 0 Å². The van der Waals surface area contributed by atoms with E-state index in [4.69, 9.17) is 15.0 Å². The summed E-state index contributed by atoms with van der Waals surface area (Å²) >= 11 is 0. The molecule has 10 nitrogen and oxygen atoms in total. The van der Waals surface area contributed by atoms with Crippen LogP contribution < -0.4 is 0 Å². The lowest BCUT2D eigenvalue weighted by Crippen LogP contribution is -1.96. The smallest absolute Gasteiger partial charge is 0.159 e. The number of rotatable bonds is 9. The largest absolute Gasteiger partial charge is 0.264 e. The molecule has 0 saturated heterocycles. The molecule has 0 spiro atoms. The van der Waals surface area contributed by atoms with Gasteiger partial charge in [-0.3, -0.25) is 9.97 Å². The second-order valence-electron chi connectivity index (χ2n) is 22.6. The molecule has 0 aliphatic rings. The summed E-state index contributed by atoms with van der Waals surface area (Å²) in [6, 6.07) is 64.4. The van der Waals surface area contributed by atoms with Gasteiger partial charge in [-0.05, 0) is 185 Å². The maximum absolute atomic E-state index is 5.34. The average molecular weight is 1120 g/mol. The summed E-state index contributed by atoms with van der Waals surface area (Å²) in [5.74, 6) is 0.614. The van der Waals surface area contributed by atoms with E-state index in [0.717, 1.165) is 132 Å². The van der Waals surface area contributed by atoms with Gasteiger partial charge in [0.2, 0.25) is 0 Å². The predicted octanol–water partition coefficient (Wildman–Crippen LogP) is 18.7. The first-order valence-corrected chi connectivity index (χ1v) is 29.1. The van der Waals surface area contributed by atoms with Crippen molar-refractivity contribution in [1.82, 2.24) is 49.8 Å². The Bertz CT molecular complexity index is 5730. The monoisotopic (exact) mass is 1120 g/mol. The Labute approximate surface area is 503 Å². The van der Waals surface area contributed by atoms with Crippen LogP contribution in [0.1, 0.15) is 0 Å². The van der Waals surface area contributed by atoms with Gasteiger partial charge >= 0.3 is 0 Å². The molecule has 18 aromatic rings. The van der Waals surface area contributed by atoms with E-state index in [9.17, 15) is 0 Å². The van der Waals surface area contributed by atoms with Crippen molar-refractivity contribution < 1.29 is 0 Å². The van der Waals surface area contributed by atoms with E-state index < -0.39 is 0 Å². The van der Waals surface area contributed by atoms with Crippen LogP contribution in [0.15, 0.2) is 269 Å². The number of aromatic nitrogens is 10. The van der Waals surface area contributed by atoms with Gasteiger partial charge in [0, 0.05) is 119 Å². The van der Waals surface area contributed by atoms with E-state index in [1.807, 2.05) is 74.4 Å². The SMILES string of the molecule is c1cc(-c2ccc3ccc4c(-c5cc(-c6cncnc6)cc(-c6cnc(-c7cc8c(-c9cncc%10ccccc9%10)ccc9ccc%10c(-c%11cc(-c%12cncnc%12)cc(-c%12cncnc%12)c%11)ccc7c%10c98)nc6)c5)ccc5ccc2c3c54)c2ccncc2c1. The Morgan fingerprint density at radius 3 is 1.19 bits per heavy atom. The lowest BCUT2D eigenvalue weighted by molar-refractivity contribution is 1.17. The van der Waals surface area contributed by atoms with Crippen LogP contribution in [-0.2, 0) is 0 Å². The van der Waals surface area contributed by atoms with Crippen LogP contribution in [0.2, 0.25) is 0 Å². The predicted molar refractivity (Wildman–Crippen MR) is 356 cm³/mol. The Balaban J connectivity index is 0.818. The third kappa shape index (κ3) is 7.89. The highest BCUT2D eigenvalue weighted by Gasteiger charge is 2.23. The van der Waals surface area contributed by atoms with Crippen LogP contribution in [-0.4, -0.2) is 49.8 Å². The van der Waals surface area contributed by atoms with Crippen LogP contribution in [0, 0.1) is 0 Å². The molecule has 0 aliphatic heterocycles. The zero-order valence-corrected chi connectivity index (χ0v) is 46.9. The van der Waals surface area contributed by atoms with Crippen molar-refractivity contribution in [3.05, 3.63) is 269 Å². The van der Waals surface area contributed by atoms with Gasteiger partial charge in [-0.25, -0.2) is 39.9 Å². The summed E-state index contributed by atoms with van der Waals surface area (Å²) in [4.78, 5) is 46.4. The number of hydrogen-bond acceptors (Lipinski definition) is 10. The summed E-state index contributed by atoms with van der Waals surface area (Å²) < 4.78 is 0. The molecule has 0 aliphatic carbocycles. The van der Waals surface area contributed by atoms with Crippen molar-refractivity contribution in [2.45, 2.75) is 0 Å². The molecule has 0 radical (unpaired) electrons. The van der Waals surface area contributed by atoms with Crippen LogP contribution in [0.4, 0.5) is 0 Å². The first-order valence-electron chi connectivity index (χ1n) is 29.1. The summed E-state index contributed by atoms with van der Waals surface area (Å²) in [7, 11) is 0. The second kappa shape index (κ2) is 19.7. The minimum Gasteiger partial charge on any atom is -0.264 e. The van der Waals surface area contributed by atoms with Gasteiger partial charge in [0.1, 0.15) is 19.0 Å². The maximum atomic E-state index is 5.34. The normalized spacial score (nSPS) is 11.9. The van der Waals surface area contributed by atoms with E-state index in [2.05, 4.69) is 211 Å². The molecule has 10 heteroatoms. The molecule has 0 atom stereocenters. The van der Waals surface area contributed by atoms with Crippen LogP contribution in [0.5, 0.6) is 0 Å². The molecular formula is C78H44N10. The number of nitrogens with zero attached hydrogens (tertiary/aromatic N) is 10. The zero-order chi connectivity index (χ0) is 57.8. The molecule has 6 heterocycles. The third-order valence-corrected chi connectivity index (χ3v) is 17.8. The van der Waals surface area contributed by atoms with Crippen molar-refractivity contribution >= 4 is 86.2 Å². The van der Waals surface area contributed by atoms with Gasteiger partial charge in [0.25, 0.3) is 0 Å². The van der Waals surface area contributed by atoms with Gasteiger partial charge in [-0.1, -0.05) is 127 Å². The quantitative estimate of drug-likeness (QED) is 0.129. The summed E-state index contributed by atoms with van der Waals surface area (Å²) in [6.45, 7) is 0. The van der Waals surface area contributed by atoms with Gasteiger partial charge in [-0.15, -0.1) is 0 Å². The molecule has 6 aromatic heterocycles. The third-order valence-electron chi connectivity index (χ3n) is 17.8. The van der Waals surface area contributed by atoms with Crippen molar-refractivity contribution in [1.29, 1.82) is 0 Å². The van der Waals surface area contributed by atoms with Crippen molar-refractivity contribution in [2.24, 2.45) is 0 Å². The maximum Gasteiger partial charge on any atom is 0.159 e. The van der Waals surface area contributed by atoms with E-state index in [0.29, 0.717) is 5.82 Å². The molecule has 0 bridgehead atoms. The minimum absolute atomic E-state index is 0.614. The van der Waals surface area contributed by atoms with E-state index in [1.54, 1.807) is 19.0 Å². The Hall–Kier alpha value is -12.1. The lowest BCUT2D eigenvalue weighted by Gasteiger charge is -2.20. The Kier molecular flexibility index (Phi) is 11.1. The summed E-state index contributed by atoms with van der Waals surface area (Å²) in [6.07, 6.45) is 27.5. The lowest BCUT2D eigenvalue weighted by atomic mass is 9.84. The van der Waals surface area contributed by atoms with Gasteiger partial charge in [0.05, 0.1) is 0 Å². The van der Waals surface area contributed by atoms with E-state index >= 15 is 0 Å². The van der Waals surface area contributed by atoms with Crippen LogP contribution in [0.3, 0.4) is 0 Å². The second-order valence-corrected chi connectivity index (χ2v) is 22.6.